The maximum Gasteiger partial charge on any atom is 0.387 e. The molecule has 1 aliphatic rings. The molecule has 2 N–H and O–H groups in total. The summed E-state index contributed by atoms with van der Waals surface area (Å²) in [5.41, 5.74) is 2.56. The fourth-order valence-electron chi connectivity index (χ4n) is 3.42. The Hall–Kier alpha value is -3.23. The fourth-order valence-corrected chi connectivity index (χ4v) is 3.42. The Morgan fingerprint density at radius 1 is 1.10 bits per heavy atom. The molecule has 2 aromatic rings. The highest BCUT2D eigenvalue weighted by Crippen LogP contribution is 2.35. The molecule has 3 rings (SSSR count). The lowest BCUT2D eigenvalue weighted by molar-refractivity contribution is -0.0505. The molecule has 0 amide bonds. The Bertz CT molecular complexity index is 937. The number of hydrogen-bond acceptors (Lipinski definition) is 5. The highest BCUT2D eigenvalue weighted by atomic mass is 19.3. The summed E-state index contributed by atoms with van der Waals surface area (Å²) in [5.74, 6) is 2.73. The van der Waals surface area contributed by atoms with Crippen molar-refractivity contribution in [1.29, 1.82) is 0 Å². The van der Waals surface area contributed by atoms with Crippen LogP contribution in [0.5, 0.6) is 23.0 Å². The first-order valence-corrected chi connectivity index (χ1v) is 9.86. The zero-order chi connectivity index (χ0) is 22.4. The van der Waals surface area contributed by atoms with Gasteiger partial charge >= 0.3 is 6.61 Å². The van der Waals surface area contributed by atoms with Crippen molar-refractivity contribution in [3.63, 3.8) is 0 Å². The topological polar surface area (TPSA) is 73.3 Å². The van der Waals surface area contributed by atoms with Crippen LogP contribution in [0.3, 0.4) is 0 Å². The average Bonchev–Trinajstić information content (AvgIpc) is 3.12. The minimum atomic E-state index is -2.92. The van der Waals surface area contributed by atoms with Crippen LogP contribution < -0.4 is 29.6 Å². The molecule has 1 unspecified atom stereocenters. The highest BCUT2D eigenvalue weighted by Gasteiger charge is 2.21. The van der Waals surface area contributed by atoms with Gasteiger partial charge < -0.3 is 29.6 Å². The summed E-state index contributed by atoms with van der Waals surface area (Å²) in [6.45, 7) is -0.240. The smallest absolute Gasteiger partial charge is 0.387 e. The molecule has 0 spiro atoms. The van der Waals surface area contributed by atoms with Crippen LogP contribution in [0.25, 0.3) is 0 Å². The van der Waals surface area contributed by atoms with E-state index in [1.54, 1.807) is 26.3 Å². The van der Waals surface area contributed by atoms with Gasteiger partial charge in [0.1, 0.15) is 29.1 Å². The van der Waals surface area contributed by atoms with Crippen LogP contribution in [0.1, 0.15) is 23.6 Å². The first-order chi connectivity index (χ1) is 14.9. The van der Waals surface area contributed by atoms with Gasteiger partial charge in [0, 0.05) is 43.2 Å². The first-order valence-electron chi connectivity index (χ1n) is 9.86. The Morgan fingerprint density at radius 2 is 1.81 bits per heavy atom. The van der Waals surface area contributed by atoms with E-state index >= 15 is 0 Å². The fraction of sp³-hybridized carbons (Fsp3) is 0.409. The number of benzene rings is 2. The SMILES string of the molecule is CN=C(NCc1cc2c(cc1OC)CC(C)O2)NCc1cc(OC)ccc1OC(F)F. The molecule has 168 valence electrons. The largest absolute Gasteiger partial charge is 0.497 e. The van der Waals surface area contributed by atoms with Crippen molar-refractivity contribution >= 4 is 5.96 Å². The third-order valence-corrected chi connectivity index (χ3v) is 4.90. The molecule has 1 aliphatic heterocycles. The summed E-state index contributed by atoms with van der Waals surface area (Å²) in [4.78, 5) is 4.19. The molecule has 31 heavy (non-hydrogen) atoms. The molecular weight excluding hydrogens is 408 g/mol. The predicted octanol–water partition coefficient (Wildman–Crippen LogP) is 3.49. The summed E-state index contributed by atoms with van der Waals surface area (Å²) >= 11 is 0. The summed E-state index contributed by atoms with van der Waals surface area (Å²) in [7, 11) is 4.77. The third-order valence-electron chi connectivity index (χ3n) is 4.90. The van der Waals surface area contributed by atoms with Crippen molar-refractivity contribution < 1.29 is 27.7 Å². The molecular formula is C22H27F2N3O4. The van der Waals surface area contributed by atoms with Gasteiger partial charge in [0.05, 0.1) is 14.2 Å². The number of rotatable bonds is 8. The summed E-state index contributed by atoms with van der Waals surface area (Å²) in [5, 5.41) is 6.31. The van der Waals surface area contributed by atoms with E-state index < -0.39 is 6.61 Å². The number of nitrogens with zero attached hydrogens (tertiary/aromatic N) is 1. The summed E-state index contributed by atoms with van der Waals surface area (Å²) in [6, 6.07) is 8.62. The summed E-state index contributed by atoms with van der Waals surface area (Å²) in [6.07, 6.45) is 0.997. The molecule has 0 aromatic heterocycles. The first kappa shape index (κ1) is 22.5. The Morgan fingerprint density at radius 3 is 2.42 bits per heavy atom. The molecule has 0 aliphatic carbocycles. The number of aliphatic imine (C=N–C) groups is 1. The van der Waals surface area contributed by atoms with E-state index in [2.05, 4.69) is 20.4 Å². The third kappa shape index (κ3) is 5.68. The number of hydrogen-bond donors (Lipinski definition) is 2. The molecule has 0 saturated carbocycles. The van der Waals surface area contributed by atoms with E-state index in [1.807, 2.05) is 19.1 Å². The van der Waals surface area contributed by atoms with Crippen LogP contribution >= 0.6 is 0 Å². The van der Waals surface area contributed by atoms with Crippen LogP contribution in [0, 0.1) is 0 Å². The zero-order valence-corrected chi connectivity index (χ0v) is 18.0. The molecule has 1 atom stereocenters. The molecule has 9 heteroatoms. The lowest BCUT2D eigenvalue weighted by Crippen LogP contribution is -2.36. The second kappa shape index (κ2) is 10.2. The van der Waals surface area contributed by atoms with Gasteiger partial charge in [-0.3, -0.25) is 4.99 Å². The molecule has 1 heterocycles. The number of fused-ring (bicyclic) bond motifs is 1. The lowest BCUT2D eigenvalue weighted by Gasteiger charge is -2.16. The van der Waals surface area contributed by atoms with Gasteiger partial charge in [0.15, 0.2) is 5.96 Å². The minimum absolute atomic E-state index is 0.0744. The van der Waals surface area contributed by atoms with E-state index in [4.69, 9.17) is 14.2 Å². The van der Waals surface area contributed by atoms with E-state index in [0.29, 0.717) is 23.8 Å². The van der Waals surface area contributed by atoms with Crippen molar-refractivity contribution in [2.75, 3.05) is 21.3 Å². The predicted molar refractivity (Wildman–Crippen MR) is 113 cm³/mol. The lowest BCUT2D eigenvalue weighted by atomic mass is 10.1. The Labute approximate surface area is 180 Å². The van der Waals surface area contributed by atoms with Crippen LogP contribution in [0.15, 0.2) is 35.3 Å². The molecule has 2 aromatic carbocycles. The number of methoxy groups -OCH3 is 2. The number of guanidine groups is 1. The molecule has 0 saturated heterocycles. The van der Waals surface area contributed by atoms with Gasteiger partial charge in [-0.1, -0.05) is 0 Å². The number of ether oxygens (including phenoxy) is 4. The molecule has 7 nitrogen and oxygen atoms in total. The van der Waals surface area contributed by atoms with Gasteiger partial charge in [-0.05, 0) is 37.3 Å². The van der Waals surface area contributed by atoms with Gasteiger partial charge in [0.25, 0.3) is 0 Å². The average molecular weight is 435 g/mol. The van der Waals surface area contributed by atoms with E-state index in [9.17, 15) is 8.78 Å². The van der Waals surface area contributed by atoms with E-state index in [0.717, 1.165) is 29.0 Å². The Balaban J connectivity index is 1.67. The van der Waals surface area contributed by atoms with Gasteiger partial charge in [-0.25, -0.2) is 0 Å². The Kier molecular flexibility index (Phi) is 7.38. The maximum atomic E-state index is 12.7. The summed E-state index contributed by atoms with van der Waals surface area (Å²) < 4.78 is 46.6. The van der Waals surface area contributed by atoms with Crippen molar-refractivity contribution in [1.82, 2.24) is 10.6 Å². The monoisotopic (exact) mass is 435 g/mol. The second-order valence-corrected chi connectivity index (χ2v) is 7.04. The van der Waals surface area contributed by atoms with Gasteiger partial charge in [-0.2, -0.15) is 8.78 Å². The van der Waals surface area contributed by atoms with Gasteiger partial charge in [-0.15, -0.1) is 0 Å². The molecule has 0 radical (unpaired) electrons. The van der Waals surface area contributed by atoms with Crippen LogP contribution in [-0.4, -0.2) is 39.9 Å². The van der Waals surface area contributed by atoms with Crippen molar-refractivity contribution in [2.24, 2.45) is 4.99 Å². The molecule has 0 fully saturated rings. The highest BCUT2D eigenvalue weighted by molar-refractivity contribution is 5.79. The maximum absolute atomic E-state index is 12.7. The standard InChI is InChI=1S/C22H27F2N3O4/c1-13-7-14-9-19(29-4)16(10-20(14)30-13)12-27-22(25-2)26-11-15-8-17(28-3)5-6-18(15)31-21(23)24/h5-6,8-10,13,21H,7,11-12H2,1-4H3,(H2,25,26,27). The van der Waals surface area contributed by atoms with Crippen molar-refractivity contribution in [2.45, 2.75) is 39.1 Å². The van der Waals surface area contributed by atoms with Gasteiger partial charge in [0.2, 0.25) is 0 Å². The zero-order valence-electron chi connectivity index (χ0n) is 18.0. The number of alkyl halides is 2. The number of nitrogens with one attached hydrogen (secondary N) is 2. The van der Waals surface area contributed by atoms with Crippen molar-refractivity contribution in [3.05, 3.63) is 47.0 Å². The normalized spacial score (nSPS) is 15.3. The van der Waals surface area contributed by atoms with E-state index in [-0.39, 0.29) is 18.4 Å². The minimum Gasteiger partial charge on any atom is -0.497 e. The second-order valence-electron chi connectivity index (χ2n) is 7.04. The van der Waals surface area contributed by atoms with Crippen LogP contribution in [-0.2, 0) is 19.5 Å². The van der Waals surface area contributed by atoms with Crippen molar-refractivity contribution in [3.8, 4) is 23.0 Å². The quantitative estimate of drug-likeness (QED) is 0.489. The van der Waals surface area contributed by atoms with E-state index in [1.165, 1.54) is 13.2 Å². The van der Waals surface area contributed by atoms with Crippen LogP contribution in [0.2, 0.25) is 0 Å². The molecule has 0 bridgehead atoms. The van der Waals surface area contributed by atoms with Crippen LogP contribution in [0.4, 0.5) is 8.78 Å². The number of halogens is 2.